The summed E-state index contributed by atoms with van der Waals surface area (Å²) in [5.41, 5.74) is 9.34. The molecule has 0 saturated heterocycles. The summed E-state index contributed by atoms with van der Waals surface area (Å²) in [5, 5.41) is 11.9. The molecule has 4 aromatic rings. The average Bonchev–Trinajstić information content (AvgIpc) is 3.03. The van der Waals surface area contributed by atoms with E-state index in [9.17, 15) is 9.90 Å². The van der Waals surface area contributed by atoms with Gasteiger partial charge in [0.25, 0.3) is 0 Å². The van der Waals surface area contributed by atoms with Crippen molar-refractivity contribution in [1.82, 2.24) is 14.5 Å². The molecule has 2 aromatic heterocycles. The van der Waals surface area contributed by atoms with Crippen molar-refractivity contribution in [2.75, 3.05) is 5.73 Å². The second kappa shape index (κ2) is 6.34. The molecule has 28 heavy (non-hydrogen) atoms. The summed E-state index contributed by atoms with van der Waals surface area (Å²) in [4.78, 5) is 20.2. The second-order valence-electron chi connectivity index (χ2n) is 7.50. The quantitative estimate of drug-likeness (QED) is 0.556. The number of hydrogen-bond donors (Lipinski definition) is 2. The normalized spacial score (nSPS) is 14.4. The highest BCUT2D eigenvalue weighted by Crippen LogP contribution is 2.36. The van der Waals surface area contributed by atoms with E-state index in [1.54, 1.807) is 12.1 Å². The van der Waals surface area contributed by atoms with Crippen molar-refractivity contribution in [2.24, 2.45) is 5.92 Å². The SMILES string of the molecule is Nc1ncnc2c1c(-c1ccc3c(C(=O)O)cccc3c1)cn2CC1CCC1. The first kappa shape index (κ1) is 16.7. The van der Waals surface area contributed by atoms with Crippen LogP contribution in [0.15, 0.2) is 48.9 Å². The summed E-state index contributed by atoms with van der Waals surface area (Å²) in [6, 6.07) is 11.1. The van der Waals surface area contributed by atoms with Crippen molar-refractivity contribution in [2.45, 2.75) is 25.8 Å². The number of benzene rings is 2. The Morgan fingerprint density at radius 3 is 2.82 bits per heavy atom. The van der Waals surface area contributed by atoms with Gasteiger partial charge in [-0.1, -0.05) is 30.7 Å². The molecule has 1 fully saturated rings. The molecule has 1 saturated carbocycles. The molecule has 2 aromatic carbocycles. The van der Waals surface area contributed by atoms with Crippen LogP contribution in [-0.4, -0.2) is 25.6 Å². The summed E-state index contributed by atoms with van der Waals surface area (Å²) in [5.74, 6) is 0.231. The Morgan fingerprint density at radius 2 is 2.07 bits per heavy atom. The molecule has 5 rings (SSSR count). The summed E-state index contributed by atoms with van der Waals surface area (Å²) in [7, 11) is 0. The average molecular weight is 372 g/mol. The zero-order valence-corrected chi connectivity index (χ0v) is 15.3. The highest BCUT2D eigenvalue weighted by Gasteiger charge is 2.21. The number of nitrogens with zero attached hydrogens (tertiary/aromatic N) is 3. The molecule has 0 radical (unpaired) electrons. The molecule has 1 aliphatic carbocycles. The third kappa shape index (κ3) is 2.60. The van der Waals surface area contributed by atoms with Crippen LogP contribution in [0.4, 0.5) is 5.82 Å². The lowest BCUT2D eigenvalue weighted by Gasteiger charge is -2.25. The fourth-order valence-corrected chi connectivity index (χ4v) is 4.10. The van der Waals surface area contributed by atoms with Gasteiger partial charge in [-0.2, -0.15) is 0 Å². The fraction of sp³-hybridized carbons (Fsp3) is 0.227. The molecule has 0 amide bonds. The van der Waals surface area contributed by atoms with E-state index in [1.165, 1.54) is 25.6 Å². The molecule has 0 atom stereocenters. The maximum atomic E-state index is 11.5. The van der Waals surface area contributed by atoms with Gasteiger partial charge in [0, 0.05) is 18.3 Å². The maximum absolute atomic E-state index is 11.5. The minimum absolute atomic E-state index is 0.305. The van der Waals surface area contributed by atoms with E-state index in [0.29, 0.717) is 17.3 Å². The van der Waals surface area contributed by atoms with E-state index in [1.807, 2.05) is 24.3 Å². The highest BCUT2D eigenvalue weighted by molar-refractivity contribution is 6.06. The van der Waals surface area contributed by atoms with Crippen LogP contribution in [-0.2, 0) is 6.54 Å². The number of anilines is 1. The first-order valence-electron chi connectivity index (χ1n) is 9.47. The molecular formula is C22H20N4O2. The smallest absolute Gasteiger partial charge is 0.336 e. The van der Waals surface area contributed by atoms with Gasteiger partial charge in [-0.25, -0.2) is 14.8 Å². The van der Waals surface area contributed by atoms with Gasteiger partial charge in [-0.05, 0) is 47.2 Å². The van der Waals surface area contributed by atoms with Crippen LogP contribution in [0.2, 0.25) is 0 Å². The van der Waals surface area contributed by atoms with Crippen LogP contribution in [0, 0.1) is 5.92 Å². The Labute approximate surface area is 161 Å². The Morgan fingerprint density at radius 1 is 1.21 bits per heavy atom. The third-order valence-corrected chi connectivity index (χ3v) is 5.78. The lowest BCUT2D eigenvalue weighted by atomic mass is 9.85. The minimum atomic E-state index is -0.923. The van der Waals surface area contributed by atoms with Crippen LogP contribution < -0.4 is 5.73 Å². The van der Waals surface area contributed by atoms with Crippen LogP contribution in [0.1, 0.15) is 29.6 Å². The topological polar surface area (TPSA) is 94.0 Å². The van der Waals surface area contributed by atoms with Crippen LogP contribution >= 0.6 is 0 Å². The molecule has 3 N–H and O–H groups in total. The number of aromatic carboxylic acids is 1. The number of carboxylic acids is 1. The number of fused-ring (bicyclic) bond motifs is 2. The summed E-state index contributed by atoms with van der Waals surface area (Å²) in [6.45, 7) is 0.934. The molecule has 0 unspecified atom stereocenters. The van der Waals surface area contributed by atoms with Crippen molar-refractivity contribution < 1.29 is 9.90 Å². The van der Waals surface area contributed by atoms with Gasteiger partial charge < -0.3 is 15.4 Å². The van der Waals surface area contributed by atoms with Gasteiger partial charge in [0.05, 0.1) is 10.9 Å². The van der Waals surface area contributed by atoms with Crippen molar-refractivity contribution in [1.29, 1.82) is 0 Å². The highest BCUT2D eigenvalue weighted by atomic mass is 16.4. The van der Waals surface area contributed by atoms with Crippen molar-refractivity contribution >= 4 is 33.6 Å². The van der Waals surface area contributed by atoms with E-state index < -0.39 is 5.97 Å². The van der Waals surface area contributed by atoms with E-state index >= 15 is 0 Å². The van der Waals surface area contributed by atoms with Crippen LogP contribution in [0.3, 0.4) is 0 Å². The lowest BCUT2D eigenvalue weighted by Crippen LogP contribution is -2.17. The number of rotatable bonds is 4. The fourth-order valence-electron chi connectivity index (χ4n) is 4.10. The Hall–Kier alpha value is -3.41. The molecule has 1 aliphatic rings. The van der Waals surface area contributed by atoms with E-state index in [2.05, 4.69) is 20.7 Å². The predicted octanol–water partition coefficient (Wildman–Crippen LogP) is 4.33. The number of aromatic nitrogens is 3. The largest absolute Gasteiger partial charge is 0.478 e. The third-order valence-electron chi connectivity index (χ3n) is 5.78. The van der Waals surface area contributed by atoms with Gasteiger partial charge in [-0.3, -0.25) is 0 Å². The minimum Gasteiger partial charge on any atom is -0.478 e. The molecule has 0 bridgehead atoms. The first-order chi connectivity index (χ1) is 13.6. The number of hydrogen-bond acceptors (Lipinski definition) is 4. The molecule has 6 heteroatoms. The standard InChI is InChI=1S/C22H20N4O2/c23-20-19-18(11-26(10-13-3-1-4-13)21(19)25-12-24-20)15-7-8-16-14(9-15)5-2-6-17(16)22(27)28/h2,5-9,11-13H,1,3-4,10H2,(H,27,28)(H2,23,24,25). The summed E-state index contributed by atoms with van der Waals surface area (Å²) < 4.78 is 2.18. The summed E-state index contributed by atoms with van der Waals surface area (Å²) >= 11 is 0. The predicted molar refractivity (Wildman–Crippen MR) is 109 cm³/mol. The van der Waals surface area contributed by atoms with Gasteiger partial charge >= 0.3 is 5.97 Å². The van der Waals surface area contributed by atoms with Gasteiger partial charge in [0.2, 0.25) is 0 Å². The molecule has 2 heterocycles. The van der Waals surface area contributed by atoms with E-state index in [-0.39, 0.29) is 0 Å². The lowest BCUT2D eigenvalue weighted by molar-refractivity contribution is 0.0699. The zero-order chi connectivity index (χ0) is 19.3. The Kier molecular flexibility index (Phi) is 3.79. The molecule has 0 aliphatic heterocycles. The zero-order valence-electron chi connectivity index (χ0n) is 15.3. The van der Waals surface area contributed by atoms with Crippen LogP contribution in [0.25, 0.3) is 32.9 Å². The van der Waals surface area contributed by atoms with Crippen molar-refractivity contribution in [3.8, 4) is 11.1 Å². The molecule has 0 spiro atoms. The van der Waals surface area contributed by atoms with Crippen LogP contribution in [0.5, 0.6) is 0 Å². The summed E-state index contributed by atoms with van der Waals surface area (Å²) in [6.07, 6.45) is 7.42. The maximum Gasteiger partial charge on any atom is 0.336 e. The second-order valence-corrected chi connectivity index (χ2v) is 7.50. The molecule has 6 nitrogen and oxygen atoms in total. The Balaban J connectivity index is 1.69. The number of nitrogen functional groups attached to an aromatic ring is 1. The van der Waals surface area contributed by atoms with Crippen molar-refractivity contribution in [3.05, 3.63) is 54.5 Å². The van der Waals surface area contributed by atoms with Crippen molar-refractivity contribution in [3.63, 3.8) is 0 Å². The van der Waals surface area contributed by atoms with E-state index in [0.717, 1.165) is 39.5 Å². The van der Waals surface area contributed by atoms with Gasteiger partial charge in [-0.15, -0.1) is 0 Å². The molecule has 140 valence electrons. The van der Waals surface area contributed by atoms with Gasteiger partial charge in [0.15, 0.2) is 0 Å². The van der Waals surface area contributed by atoms with Gasteiger partial charge in [0.1, 0.15) is 17.8 Å². The number of nitrogens with two attached hydrogens (primary N) is 1. The first-order valence-corrected chi connectivity index (χ1v) is 9.47. The molecular weight excluding hydrogens is 352 g/mol. The monoisotopic (exact) mass is 372 g/mol. The number of carboxylic acid groups (broad SMARTS) is 1. The Bertz CT molecular complexity index is 1220. The van der Waals surface area contributed by atoms with E-state index in [4.69, 9.17) is 5.73 Å². The number of carbonyl (C=O) groups is 1.